The maximum atomic E-state index is 14.3. The molecule has 0 radical (unpaired) electrons. The Hall–Kier alpha value is -2.70. The lowest BCUT2D eigenvalue weighted by atomic mass is 10.00. The molecule has 4 nitrogen and oxygen atoms in total. The number of fused-ring (bicyclic) bond motifs is 1. The minimum atomic E-state index is -1.05. The highest BCUT2D eigenvalue weighted by atomic mass is 19.1. The first kappa shape index (κ1) is 20.0. The van der Waals surface area contributed by atoms with Crippen LogP contribution in [0.1, 0.15) is 37.5 Å². The molecule has 7 heteroatoms. The number of carboxylic acids is 1. The van der Waals surface area contributed by atoms with Crippen molar-refractivity contribution in [2.45, 2.75) is 45.8 Å². The van der Waals surface area contributed by atoms with Gasteiger partial charge < -0.3 is 14.6 Å². The molecule has 1 aliphatic heterocycles. The molecule has 150 valence electrons. The lowest BCUT2D eigenvalue weighted by Gasteiger charge is -2.18. The number of benzene rings is 2. The number of aliphatic carboxylic acids is 1. The Morgan fingerprint density at radius 1 is 1.21 bits per heavy atom. The maximum Gasteiger partial charge on any atom is 0.306 e. The quantitative estimate of drug-likeness (QED) is 0.774. The highest BCUT2D eigenvalue weighted by molar-refractivity contribution is 5.69. The molecule has 1 aliphatic rings. The molecule has 0 saturated heterocycles. The molecule has 1 unspecified atom stereocenters. The van der Waals surface area contributed by atoms with Crippen molar-refractivity contribution in [2.24, 2.45) is 5.92 Å². The number of carbonyl (C=O) groups is 1. The molecule has 0 spiro atoms. The van der Waals surface area contributed by atoms with Gasteiger partial charge in [-0.1, -0.05) is 6.92 Å². The van der Waals surface area contributed by atoms with Gasteiger partial charge in [-0.05, 0) is 50.1 Å². The van der Waals surface area contributed by atoms with Crippen molar-refractivity contribution in [3.05, 3.63) is 58.4 Å². The predicted octanol–water partition coefficient (Wildman–Crippen LogP) is 4.66. The molecule has 28 heavy (non-hydrogen) atoms. The Kier molecular flexibility index (Phi) is 5.28. The third-order valence-corrected chi connectivity index (χ3v) is 4.66. The first-order valence-corrected chi connectivity index (χ1v) is 8.90. The molecular weight excluding hydrogens is 373 g/mol. The molecule has 0 bridgehead atoms. The number of hydrogen-bond acceptors (Lipinski definition) is 3. The third kappa shape index (κ3) is 4.08. The largest absolute Gasteiger partial charge is 0.487 e. The fourth-order valence-corrected chi connectivity index (χ4v) is 3.25. The lowest BCUT2D eigenvalue weighted by Crippen LogP contribution is -2.25. The van der Waals surface area contributed by atoms with Crippen LogP contribution in [0.15, 0.2) is 24.3 Å². The van der Waals surface area contributed by atoms with Crippen LogP contribution in [-0.2, 0) is 24.2 Å². The van der Waals surface area contributed by atoms with Crippen LogP contribution < -0.4 is 9.47 Å². The summed E-state index contributed by atoms with van der Waals surface area (Å²) >= 11 is 0. The van der Waals surface area contributed by atoms with Crippen LogP contribution in [-0.4, -0.2) is 16.7 Å². The van der Waals surface area contributed by atoms with Crippen LogP contribution in [0, 0.1) is 23.4 Å². The summed E-state index contributed by atoms with van der Waals surface area (Å²) in [6, 6.07) is 4.87. The Morgan fingerprint density at radius 3 is 2.46 bits per heavy atom. The third-order valence-electron chi connectivity index (χ3n) is 4.66. The molecule has 1 atom stereocenters. The maximum absolute atomic E-state index is 14.3. The van der Waals surface area contributed by atoms with Gasteiger partial charge in [0, 0.05) is 17.5 Å². The molecule has 1 N–H and O–H groups in total. The number of carboxylic acid groups (broad SMARTS) is 1. The van der Waals surface area contributed by atoms with Crippen molar-refractivity contribution in [1.29, 1.82) is 0 Å². The van der Waals surface area contributed by atoms with Gasteiger partial charge in [0.15, 0.2) is 17.4 Å². The topological polar surface area (TPSA) is 55.8 Å². The van der Waals surface area contributed by atoms with Crippen LogP contribution in [0.4, 0.5) is 13.2 Å². The second-order valence-electron chi connectivity index (χ2n) is 7.67. The molecule has 0 aliphatic carbocycles. The second-order valence-corrected chi connectivity index (χ2v) is 7.67. The molecule has 3 rings (SSSR count). The van der Waals surface area contributed by atoms with Gasteiger partial charge in [-0.3, -0.25) is 4.79 Å². The van der Waals surface area contributed by atoms with Gasteiger partial charge in [0.1, 0.15) is 23.8 Å². The standard InChI is InChI=1S/C21H21F3O4/c1-11(20(25)26)6-12-7-16(23)19(17(24)8-12)27-10-13-4-5-15(22)14-9-21(2,3)28-18(13)14/h4-5,7-8,11H,6,9-10H2,1-3H3,(H,25,26). The van der Waals surface area contributed by atoms with Crippen LogP contribution in [0.5, 0.6) is 11.5 Å². The Morgan fingerprint density at radius 2 is 1.86 bits per heavy atom. The van der Waals surface area contributed by atoms with E-state index in [0.717, 1.165) is 12.1 Å². The van der Waals surface area contributed by atoms with E-state index in [1.165, 1.54) is 19.1 Å². The normalized spacial score (nSPS) is 15.6. The monoisotopic (exact) mass is 394 g/mol. The highest BCUT2D eigenvalue weighted by Crippen LogP contribution is 2.39. The number of rotatable bonds is 6. The fourth-order valence-electron chi connectivity index (χ4n) is 3.25. The van der Waals surface area contributed by atoms with E-state index in [9.17, 15) is 18.0 Å². The second kappa shape index (κ2) is 7.37. The SMILES string of the molecule is CC(Cc1cc(F)c(OCc2ccc(F)c3c2OC(C)(C)C3)c(F)c1)C(=O)O. The molecule has 2 aromatic rings. The highest BCUT2D eigenvalue weighted by Gasteiger charge is 2.34. The summed E-state index contributed by atoms with van der Waals surface area (Å²) in [6.07, 6.45) is 0.388. The summed E-state index contributed by atoms with van der Waals surface area (Å²) in [5.41, 5.74) is 0.567. The zero-order valence-corrected chi connectivity index (χ0v) is 15.8. The number of halogens is 3. The van der Waals surface area contributed by atoms with E-state index < -0.39 is 40.7 Å². The molecule has 0 saturated carbocycles. The first-order valence-electron chi connectivity index (χ1n) is 8.90. The van der Waals surface area contributed by atoms with E-state index in [4.69, 9.17) is 14.6 Å². The van der Waals surface area contributed by atoms with Gasteiger partial charge in [-0.2, -0.15) is 0 Å². The number of hydrogen-bond donors (Lipinski definition) is 1. The van der Waals surface area contributed by atoms with E-state index in [-0.39, 0.29) is 18.6 Å². The average Bonchev–Trinajstić information content (AvgIpc) is 2.92. The number of ether oxygens (including phenoxy) is 2. The molecule has 2 aromatic carbocycles. The van der Waals surface area contributed by atoms with E-state index in [2.05, 4.69) is 0 Å². The van der Waals surface area contributed by atoms with E-state index in [1.54, 1.807) is 0 Å². The summed E-state index contributed by atoms with van der Waals surface area (Å²) in [4.78, 5) is 10.9. The Balaban J connectivity index is 1.79. The van der Waals surface area contributed by atoms with Gasteiger partial charge in [0.25, 0.3) is 0 Å². The van der Waals surface area contributed by atoms with Crippen LogP contribution in [0.2, 0.25) is 0 Å². The Labute approximate surface area is 160 Å². The zero-order chi connectivity index (χ0) is 20.6. The van der Waals surface area contributed by atoms with Gasteiger partial charge >= 0.3 is 5.97 Å². The molecule has 0 amide bonds. The fraction of sp³-hybridized carbons (Fsp3) is 0.381. The van der Waals surface area contributed by atoms with Gasteiger partial charge in [0.05, 0.1) is 5.92 Å². The van der Waals surface area contributed by atoms with E-state index in [0.29, 0.717) is 23.3 Å². The zero-order valence-electron chi connectivity index (χ0n) is 15.8. The van der Waals surface area contributed by atoms with E-state index in [1.807, 2.05) is 13.8 Å². The summed E-state index contributed by atoms with van der Waals surface area (Å²) in [6.45, 7) is 4.91. The lowest BCUT2D eigenvalue weighted by molar-refractivity contribution is -0.141. The smallest absolute Gasteiger partial charge is 0.306 e. The van der Waals surface area contributed by atoms with Gasteiger partial charge in [-0.25, -0.2) is 13.2 Å². The van der Waals surface area contributed by atoms with Crippen molar-refractivity contribution in [3.8, 4) is 11.5 Å². The van der Waals surface area contributed by atoms with Crippen molar-refractivity contribution in [3.63, 3.8) is 0 Å². The molecule has 1 heterocycles. The summed E-state index contributed by atoms with van der Waals surface area (Å²) in [5.74, 6) is -4.28. The Bertz CT molecular complexity index is 901. The summed E-state index contributed by atoms with van der Waals surface area (Å²) < 4.78 is 53.8. The minimum absolute atomic E-state index is 0.00214. The van der Waals surface area contributed by atoms with Gasteiger partial charge in [-0.15, -0.1) is 0 Å². The average molecular weight is 394 g/mol. The molecule has 0 fully saturated rings. The van der Waals surface area contributed by atoms with Crippen LogP contribution in [0.25, 0.3) is 0 Å². The predicted molar refractivity (Wildman–Crippen MR) is 96.0 cm³/mol. The first-order chi connectivity index (χ1) is 13.1. The van der Waals surface area contributed by atoms with Crippen LogP contribution in [0.3, 0.4) is 0 Å². The summed E-state index contributed by atoms with van der Waals surface area (Å²) in [7, 11) is 0. The van der Waals surface area contributed by atoms with Crippen molar-refractivity contribution < 1.29 is 32.5 Å². The van der Waals surface area contributed by atoms with Crippen molar-refractivity contribution in [2.75, 3.05) is 0 Å². The molecular formula is C21H21F3O4. The summed E-state index contributed by atoms with van der Waals surface area (Å²) in [5, 5.41) is 8.93. The van der Waals surface area contributed by atoms with Crippen molar-refractivity contribution >= 4 is 5.97 Å². The van der Waals surface area contributed by atoms with Crippen molar-refractivity contribution in [1.82, 2.24) is 0 Å². The van der Waals surface area contributed by atoms with Crippen LogP contribution >= 0.6 is 0 Å². The van der Waals surface area contributed by atoms with E-state index >= 15 is 0 Å². The molecule has 0 aromatic heterocycles. The van der Waals surface area contributed by atoms with Gasteiger partial charge in [0.2, 0.25) is 0 Å². The minimum Gasteiger partial charge on any atom is -0.487 e.